The number of aliphatic carboxylic acids is 1. The standard InChI is InChI=1S/C14H16N4O3/c19-13(20)4-1-2-6-16-14(21)12-10-11(5-8-15-12)18-9-3-7-17-18/h3,5,7-10H,1-2,4,6H2,(H,16,21)(H,19,20). The van der Waals surface area contributed by atoms with Crippen molar-refractivity contribution in [1.29, 1.82) is 0 Å². The van der Waals surface area contributed by atoms with Crippen LogP contribution in [0.5, 0.6) is 0 Å². The molecule has 2 rings (SSSR count). The van der Waals surface area contributed by atoms with Crippen molar-refractivity contribution < 1.29 is 14.7 Å². The van der Waals surface area contributed by atoms with E-state index in [0.29, 0.717) is 25.1 Å². The van der Waals surface area contributed by atoms with Crippen LogP contribution in [0.2, 0.25) is 0 Å². The van der Waals surface area contributed by atoms with Crippen LogP contribution in [0.25, 0.3) is 5.69 Å². The van der Waals surface area contributed by atoms with Crippen LogP contribution >= 0.6 is 0 Å². The summed E-state index contributed by atoms with van der Waals surface area (Å²) in [5, 5.41) is 15.3. The molecule has 2 aromatic heterocycles. The second-order valence-corrected chi connectivity index (χ2v) is 4.46. The number of carbonyl (C=O) groups is 2. The van der Waals surface area contributed by atoms with Crippen molar-refractivity contribution in [2.75, 3.05) is 6.54 Å². The molecule has 2 aromatic rings. The molecule has 7 nitrogen and oxygen atoms in total. The molecule has 110 valence electrons. The topological polar surface area (TPSA) is 97.1 Å². The monoisotopic (exact) mass is 288 g/mol. The third kappa shape index (κ3) is 4.41. The highest BCUT2D eigenvalue weighted by molar-refractivity contribution is 5.92. The lowest BCUT2D eigenvalue weighted by atomic mass is 10.2. The molecule has 0 aliphatic heterocycles. The van der Waals surface area contributed by atoms with Gasteiger partial charge in [-0.05, 0) is 31.0 Å². The van der Waals surface area contributed by atoms with Crippen molar-refractivity contribution in [3.8, 4) is 5.69 Å². The van der Waals surface area contributed by atoms with Crippen LogP contribution in [0.3, 0.4) is 0 Å². The number of carbonyl (C=O) groups excluding carboxylic acids is 1. The molecule has 0 spiro atoms. The van der Waals surface area contributed by atoms with E-state index in [2.05, 4.69) is 15.4 Å². The fraction of sp³-hybridized carbons (Fsp3) is 0.286. The highest BCUT2D eigenvalue weighted by Crippen LogP contribution is 2.07. The van der Waals surface area contributed by atoms with E-state index in [9.17, 15) is 9.59 Å². The average Bonchev–Trinajstić information content (AvgIpc) is 3.01. The van der Waals surface area contributed by atoms with E-state index in [1.807, 2.05) is 0 Å². The van der Waals surface area contributed by atoms with Gasteiger partial charge in [0.2, 0.25) is 0 Å². The maximum Gasteiger partial charge on any atom is 0.303 e. The van der Waals surface area contributed by atoms with Crippen molar-refractivity contribution in [2.24, 2.45) is 0 Å². The predicted octanol–water partition coefficient (Wildman–Crippen LogP) is 1.25. The van der Waals surface area contributed by atoms with E-state index < -0.39 is 5.97 Å². The molecular weight excluding hydrogens is 272 g/mol. The zero-order chi connectivity index (χ0) is 15.1. The Morgan fingerprint density at radius 1 is 1.29 bits per heavy atom. The number of hydrogen-bond donors (Lipinski definition) is 2. The minimum absolute atomic E-state index is 0.114. The minimum atomic E-state index is -0.824. The Kier molecular flexibility index (Phi) is 5.03. The van der Waals surface area contributed by atoms with E-state index in [-0.39, 0.29) is 12.3 Å². The Labute approximate surface area is 121 Å². The van der Waals surface area contributed by atoms with Crippen LogP contribution in [0.4, 0.5) is 0 Å². The molecule has 0 radical (unpaired) electrons. The predicted molar refractivity (Wildman–Crippen MR) is 75.2 cm³/mol. The van der Waals surface area contributed by atoms with Gasteiger partial charge in [0.1, 0.15) is 5.69 Å². The minimum Gasteiger partial charge on any atom is -0.481 e. The van der Waals surface area contributed by atoms with Gasteiger partial charge in [0, 0.05) is 31.6 Å². The van der Waals surface area contributed by atoms with E-state index in [0.717, 1.165) is 5.69 Å². The lowest BCUT2D eigenvalue weighted by molar-refractivity contribution is -0.137. The summed E-state index contributed by atoms with van der Waals surface area (Å²) in [7, 11) is 0. The zero-order valence-electron chi connectivity index (χ0n) is 11.4. The Bertz CT molecular complexity index is 610. The molecule has 2 N–H and O–H groups in total. The second kappa shape index (κ2) is 7.18. The van der Waals surface area contributed by atoms with Gasteiger partial charge in [-0.1, -0.05) is 0 Å². The van der Waals surface area contributed by atoms with Crippen LogP contribution in [0.15, 0.2) is 36.8 Å². The molecule has 0 aliphatic rings. The van der Waals surface area contributed by atoms with Crippen LogP contribution < -0.4 is 5.32 Å². The van der Waals surface area contributed by atoms with Gasteiger partial charge in [0.05, 0.1) is 5.69 Å². The number of amides is 1. The van der Waals surface area contributed by atoms with E-state index >= 15 is 0 Å². The number of nitrogens with zero attached hydrogens (tertiary/aromatic N) is 3. The Morgan fingerprint density at radius 3 is 2.86 bits per heavy atom. The lowest BCUT2D eigenvalue weighted by Gasteiger charge is -2.06. The summed E-state index contributed by atoms with van der Waals surface area (Å²) in [6, 6.07) is 5.21. The first kappa shape index (κ1) is 14.7. The number of hydrogen-bond acceptors (Lipinski definition) is 4. The molecule has 0 bridgehead atoms. The normalized spacial score (nSPS) is 10.3. The average molecular weight is 288 g/mol. The maximum atomic E-state index is 11.9. The molecule has 0 saturated carbocycles. The zero-order valence-corrected chi connectivity index (χ0v) is 11.4. The van der Waals surface area contributed by atoms with Crippen LogP contribution in [0.1, 0.15) is 29.8 Å². The summed E-state index contributed by atoms with van der Waals surface area (Å²) in [4.78, 5) is 26.3. The molecule has 0 fully saturated rings. The quantitative estimate of drug-likeness (QED) is 0.747. The summed E-state index contributed by atoms with van der Waals surface area (Å²) in [6.45, 7) is 0.430. The first-order valence-corrected chi connectivity index (χ1v) is 6.63. The molecule has 7 heteroatoms. The fourth-order valence-corrected chi connectivity index (χ4v) is 1.80. The van der Waals surface area contributed by atoms with Crippen molar-refractivity contribution >= 4 is 11.9 Å². The molecule has 0 saturated heterocycles. The number of nitrogens with one attached hydrogen (secondary N) is 1. The van der Waals surface area contributed by atoms with Crippen LogP contribution in [-0.4, -0.2) is 38.3 Å². The maximum absolute atomic E-state index is 11.9. The van der Waals surface area contributed by atoms with Gasteiger partial charge < -0.3 is 10.4 Å². The third-order valence-electron chi connectivity index (χ3n) is 2.85. The smallest absolute Gasteiger partial charge is 0.303 e. The SMILES string of the molecule is O=C(O)CCCCNC(=O)c1cc(-n2cccn2)ccn1. The third-order valence-corrected chi connectivity index (χ3v) is 2.85. The molecule has 0 atom stereocenters. The van der Waals surface area contributed by atoms with Gasteiger partial charge in [-0.2, -0.15) is 5.10 Å². The number of rotatable bonds is 7. The second-order valence-electron chi connectivity index (χ2n) is 4.46. The number of pyridine rings is 1. The summed E-state index contributed by atoms with van der Waals surface area (Å²) < 4.78 is 1.64. The number of aromatic nitrogens is 3. The molecular formula is C14H16N4O3. The van der Waals surface area contributed by atoms with Crippen molar-refractivity contribution in [1.82, 2.24) is 20.1 Å². The molecule has 0 aliphatic carbocycles. The van der Waals surface area contributed by atoms with Gasteiger partial charge in [-0.3, -0.25) is 14.6 Å². The highest BCUT2D eigenvalue weighted by Gasteiger charge is 2.08. The van der Waals surface area contributed by atoms with Gasteiger partial charge >= 0.3 is 5.97 Å². The Morgan fingerprint density at radius 2 is 2.14 bits per heavy atom. The lowest BCUT2D eigenvalue weighted by Crippen LogP contribution is -2.25. The summed E-state index contributed by atoms with van der Waals surface area (Å²) in [5.74, 6) is -1.10. The first-order valence-electron chi connectivity index (χ1n) is 6.63. The first-order chi connectivity index (χ1) is 10.2. The number of carboxylic acid groups (broad SMARTS) is 1. The highest BCUT2D eigenvalue weighted by atomic mass is 16.4. The summed E-state index contributed by atoms with van der Waals surface area (Å²) in [6.07, 6.45) is 6.26. The van der Waals surface area contributed by atoms with Gasteiger partial charge in [0.25, 0.3) is 5.91 Å². The van der Waals surface area contributed by atoms with Crippen molar-refractivity contribution in [3.05, 3.63) is 42.5 Å². The molecule has 21 heavy (non-hydrogen) atoms. The van der Waals surface area contributed by atoms with Crippen LogP contribution in [0, 0.1) is 0 Å². The van der Waals surface area contributed by atoms with Gasteiger partial charge in [-0.15, -0.1) is 0 Å². The fourth-order valence-electron chi connectivity index (χ4n) is 1.80. The number of carboxylic acids is 1. The summed E-state index contributed by atoms with van der Waals surface area (Å²) in [5.41, 5.74) is 1.06. The van der Waals surface area contributed by atoms with Gasteiger partial charge in [-0.25, -0.2) is 4.68 Å². The van der Waals surface area contributed by atoms with Crippen molar-refractivity contribution in [3.63, 3.8) is 0 Å². The van der Waals surface area contributed by atoms with Crippen LogP contribution in [-0.2, 0) is 4.79 Å². The molecule has 0 unspecified atom stereocenters. The van der Waals surface area contributed by atoms with Crippen molar-refractivity contribution in [2.45, 2.75) is 19.3 Å². The van der Waals surface area contributed by atoms with E-state index in [4.69, 9.17) is 5.11 Å². The Balaban J connectivity index is 1.88. The molecule has 0 aromatic carbocycles. The van der Waals surface area contributed by atoms with Gasteiger partial charge in [0.15, 0.2) is 0 Å². The Hall–Kier alpha value is -2.70. The number of unbranched alkanes of at least 4 members (excludes halogenated alkanes) is 1. The van der Waals surface area contributed by atoms with E-state index in [1.54, 1.807) is 41.5 Å². The summed E-state index contributed by atoms with van der Waals surface area (Å²) >= 11 is 0. The molecule has 1 amide bonds. The van der Waals surface area contributed by atoms with E-state index in [1.165, 1.54) is 0 Å². The largest absolute Gasteiger partial charge is 0.481 e. The molecule has 2 heterocycles.